The molecule has 1 fully saturated rings. The summed E-state index contributed by atoms with van der Waals surface area (Å²) in [7, 11) is 0. The highest BCUT2D eigenvalue weighted by Crippen LogP contribution is 2.14. The van der Waals surface area contributed by atoms with Gasteiger partial charge in [0.2, 0.25) is 0 Å². The number of hydrogen-bond acceptors (Lipinski definition) is 5. The number of nitrogens with zero attached hydrogens (tertiary/aromatic N) is 1. The van der Waals surface area contributed by atoms with E-state index >= 15 is 0 Å². The van der Waals surface area contributed by atoms with E-state index in [0.717, 1.165) is 38.9 Å². The Morgan fingerprint density at radius 2 is 1.79 bits per heavy atom. The second kappa shape index (κ2) is 10.6. The van der Waals surface area contributed by atoms with Gasteiger partial charge in [-0.05, 0) is 26.7 Å². The molecule has 0 aromatic rings. The normalized spacial score (nSPS) is 18.3. The van der Waals surface area contributed by atoms with Gasteiger partial charge in [-0.15, -0.1) is 0 Å². The zero-order chi connectivity index (χ0) is 13.9. The molecule has 0 unspecified atom stereocenters. The Bertz CT molecular complexity index is 202. The molecule has 5 heteroatoms. The molecule has 0 radical (unpaired) electrons. The largest absolute Gasteiger partial charge is 0.394 e. The highest BCUT2D eigenvalue weighted by molar-refractivity contribution is 4.72. The van der Waals surface area contributed by atoms with Crippen LogP contribution in [0.4, 0.5) is 0 Å². The quantitative estimate of drug-likeness (QED) is 0.608. The first kappa shape index (κ1) is 16.9. The molecule has 5 nitrogen and oxygen atoms in total. The van der Waals surface area contributed by atoms with Crippen LogP contribution in [0.25, 0.3) is 0 Å². The summed E-state index contributed by atoms with van der Waals surface area (Å²) in [5.41, 5.74) is 0. The summed E-state index contributed by atoms with van der Waals surface area (Å²) >= 11 is 0. The maximum atomic E-state index is 8.73. The first-order valence-electron chi connectivity index (χ1n) is 7.48. The van der Waals surface area contributed by atoms with Crippen molar-refractivity contribution < 1.29 is 19.3 Å². The molecule has 0 aromatic carbocycles. The van der Waals surface area contributed by atoms with Crippen molar-refractivity contribution in [3.8, 4) is 0 Å². The molecule has 1 N–H and O–H groups in total. The maximum Gasteiger partial charge on any atom is 0.158 e. The predicted molar refractivity (Wildman–Crippen MR) is 74.2 cm³/mol. The summed E-state index contributed by atoms with van der Waals surface area (Å²) in [6.07, 6.45) is 3.27. The van der Waals surface area contributed by atoms with Crippen molar-refractivity contribution in [2.75, 3.05) is 46.1 Å². The molecule has 0 saturated carbocycles. The van der Waals surface area contributed by atoms with E-state index in [9.17, 15) is 0 Å². The van der Waals surface area contributed by atoms with Crippen LogP contribution in [-0.2, 0) is 14.2 Å². The van der Waals surface area contributed by atoms with Gasteiger partial charge in [0.05, 0.1) is 19.3 Å². The molecule has 0 spiro atoms. The Balaban J connectivity index is 2.13. The topological polar surface area (TPSA) is 51.2 Å². The van der Waals surface area contributed by atoms with Crippen molar-refractivity contribution >= 4 is 0 Å². The van der Waals surface area contributed by atoms with Crippen LogP contribution < -0.4 is 0 Å². The lowest BCUT2D eigenvalue weighted by Crippen LogP contribution is -2.39. The van der Waals surface area contributed by atoms with Gasteiger partial charge in [-0.3, -0.25) is 0 Å². The Kier molecular flexibility index (Phi) is 9.38. The van der Waals surface area contributed by atoms with Crippen LogP contribution in [-0.4, -0.2) is 68.5 Å². The van der Waals surface area contributed by atoms with Gasteiger partial charge in [0.15, 0.2) is 6.29 Å². The SMILES string of the molecule is CCOC(CCN1CCC(OCCO)CC1)OCC. The molecule has 114 valence electrons. The summed E-state index contributed by atoms with van der Waals surface area (Å²) < 4.78 is 16.6. The number of likely N-dealkylation sites (tertiary alicyclic amines) is 1. The third-order valence-electron chi connectivity index (χ3n) is 3.37. The lowest BCUT2D eigenvalue weighted by molar-refractivity contribution is -0.142. The van der Waals surface area contributed by atoms with Crippen LogP contribution in [0, 0.1) is 0 Å². The fourth-order valence-corrected chi connectivity index (χ4v) is 2.39. The minimum absolute atomic E-state index is 0.0710. The van der Waals surface area contributed by atoms with Gasteiger partial charge in [-0.25, -0.2) is 0 Å². The molecule has 0 amide bonds. The lowest BCUT2D eigenvalue weighted by atomic mass is 10.1. The van der Waals surface area contributed by atoms with Crippen molar-refractivity contribution in [2.24, 2.45) is 0 Å². The zero-order valence-corrected chi connectivity index (χ0v) is 12.3. The summed E-state index contributed by atoms with van der Waals surface area (Å²) in [5, 5.41) is 8.73. The van der Waals surface area contributed by atoms with Gasteiger partial charge in [0.25, 0.3) is 0 Å². The Morgan fingerprint density at radius 1 is 1.16 bits per heavy atom. The molecule has 1 aliphatic heterocycles. The smallest absolute Gasteiger partial charge is 0.158 e. The second-order valence-electron chi connectivity index (χ2n) is 4.76. The van der Waals surface area contributed by atoms with Crippen molar-refractivity contribution in [1.29, 1.82) is 0 Å². The molecular weight excluding hydrogens is 246 g/mol. The molecule has 1 aliphatic rings. The Labute approximate surface area is 116 Å². The van der Waals surface area contributed by atoms with Gasteiger partial charge in [-0.2, -0.15) is 0 Å². The van der Waals surface area contributed by atoms with E-state index in [2.05, 4.69) is 4.90 Å². The van der Waals surface area contributed by atoms with Crippen molar-refractivity contribution in [3.05, 3.63) is 0 Å². The maximum absolute atomic E-state index is 8.73. The second-order valence-corrected chi connectivity index (χ2v) is 4.76. The summed E-state index contributed by atoms with van der Waals surface area (Å²) in [6, 6.07) is 0. The van der Waals surface area contributed by atoms with Crippen molar-refractivity contribution in [3.63, 3.8) is 0 Å². The number of aliphatic hydroxyl groups is 1. The minimum atomic E-state index is -0.0710. The number of rotatable bonds is 10. The Hall–Kier alpha value is -0.200. The number of piperidine rings is 1. The summed E-state index contributed by atoms with van der Waals surface area (Å²) in [5.74, 6) is 0. The van der Waals surface area contributed by atoms with E-state index in [1.54, 1.807) is 0 Å². The molecule has 0 bridgehead atoms. The molecule has 1 heterocycles. The fraction of sp³-hybridized carbons (Fsp3) is 1.00. The first-order valence-corrected chi connectivity index (χ1v) is 7.48. The van der Waals surface area contributed by atoms with Crippen LogP contribution in [0.5, 0.6) is 0 Å². The first-order chi connectivity index (χ1) is 9.30. The Morgan fingerprint density at radius 3 is 2.32 bits per heavy atom. The van der Waals surface area contributed by atoms with Gasteiger partial charge in [-0.1, -0.05) is 0 Å². The average Bonchev–Trinajstić information content (AvgIpc) is 2.44. The van der Waals surface area contributed by atoms with E-state index in [1.807, 2.05) is 13.8 Å². The summed E-state index contributed by atoms with van der Waals surface area (Å²) in [6.45, 7) is 9.08. The van der Waals surface area contributed by atoms with Crippen LogP contribution in [0.2, 0.25) is 0 Å². The molecule has 19 heavy (non-hydrogen) atoms. The third kappa shape index (κ3) is 7.22. The van der Waals surface area contributed by atoms with Crippen LogP contribution in [0.15, 0.2) is 0 Å². The number of hydrogen-bond donors (Lipinski definition) is 1. The number of ether oxygens (including phenoxy) is 3. The molecule has 0 aromatic heterocycles. The number of aliphatic hydroxyl groups excluding tert-OH is 1. The summed E-state index contributed by atoms with van der Waals surface area (Å²) in [4.78, 5) is 2.43. The van der Waals surface area contributed by atoms with E-state index in [-0.39, 0.29) is 12.9 Å². The fourth-order valence-electron chi connectivity index (χ4n) is 2.39. The molecule has 0 atom stereocenters. The van der Waals surface area contributed by atoms with Crippen LogP contribution in [0.3, 0.4) is 0 Å². The van der Waals surface area contributed by atoms with E-state index in [0.29, 0.717) is 25.9 Å². The van der Waals surface area contributed by atoms with Gasteiger partial charge >= 0.3 is 0 Å². The van der Waals surface area contributed by atoms with Crippen molar-refractivity contribution in [2.45, 2.75) is 45.5 Å². The van der Waals surface area contributed by atoms with Gasteiger partial charge in [0, 0.05) is 39.3 Å². The van der Waals surface area contributed by atoms with E-state index in [4.69, 9.17) is 19.3 Å². The monoisotopic (exact) mass is 275 g/mol. The highest BCUT2D eigenvalue weighted by Gasteiger charge is 2.20. The predicted octanol–water partition coefficient (Wildman–Crippen LogP) is 1.25. The molecular formula is C14H29NO4. The minimum Gasteiger partial charge on any atom is -0.394 e. The zero-order valence-electron chi connectivity index (χ0n) is 12.3. The van der Waals surface area contributed by atoms with Gasteiger partial charge < -0.3 is 24.2 Å². The van der Waals surface area contributed by atoms with E-state index < -0.39 is 0 Å². The van der Waals surface area contributed by atoms with Crippen LogP contribution >= 0.6 is 0 Å². The highest BCUT2D eigenvalue weighted by atomic mass is 16.7. The molecule has 0 aliphatic carbocycles. The average molecular weight is 275 g/mol. The molecule has 1 rings (SSSR count). The standard InChI is InChI=1S/C14H29NO4/c1-3-17-14(18-4-2)7-10-15-8-5-13(6-9-15)19-12-11-16/h13-14,16H,3-12H2,1-2H3. The molecule has 1 saturated heterocycles. The van der Waals surface area contributed by atoms with E-state index in [1.165, 1.54) is 0 Å². The van der Waals surface area contributed by atoms with Crippen LogP contribution in [0.1, 0.15) is 33.1 Å². The third-order valence-corrected chi connectivity index (χ3v) is 3.37. The van der Waals surface area contributed by atoms with Gasteiger partial charge in [0.1, 0.15) is 0 Å². The lowest BCUT2D eigenvalue weighted by Gasteiger charge is -2.32. The van der Waals surface area contributed by atoms with Crippen molar-refractivity contribution in [1.82, 2.24) is 4.90 Å².